The third-order valence-electron chi connectivity index (χ3n) is 3.22. The monoisotopic (exact) mass is 287 g/mol. The molecule has 0 aliphatic carbocycles. The summed E-state index contributed by atoms with van der Waals surface area (Å²) in [5.74, 6) is 1.67. The van der Waals surface area contributed by atoms with Gasteiger partial charge in [-0.15, -0.1) is 0 Å². The minimum atomic E-state index is 0.0262. The van der Waals surface area contributed by atoms with Crippen LogP contribution in [0.4, 0.5) is 5.82 Å². The SMILES string of the molecule is CC(Cc1ccco1)Nc1ncnc2c1cnn2CCO. The Morgan fingerprint density at radius 3 is 3.10 bits per heavy atom. The van der Waals surface area contributed by atoms with Gasteiger partial charge in [0.2, 0.25) is 0 Å². The highest BCUT2D eigenvalue weighted by Crippen LogP contribution is 2.20. The number of nitrogens with zero attached hydrogens (tertiary/aromatic N) is 4. The Kier molecular flexibility index (Phi) is 3.83. The van der Waals surface area contributed by atoms with E-state index >= 15 is 0 Å². The van der Waals surface area contributed by atoms with E-state index in [1.54, 1.807) is 17.1 Å². The number of aliphatic hydroxyl groups excluding tert-OH is 1. The minimum absolute atomic E-state index is 0.0262. The van der Waals surface area contributed by atoms with Gasteiger partial charge in [-0.1, -0.05) is 0 Å². The lowest BCUT2D eigenvalue weighted by molar-refractivity contribution is 0.271. The average molecular weight is 287 g/mol. The van der Waals surface area contributed by atoms with Crippen molar-refractivity contribution in [2.45, 2.75) is 25.9 Å². The number of nitrogens with one attached hydrogen (secondary N) is 1. The van der Waals surface area contributed by atoms with Crippen molar-refractivity contribution >= 4 is 16.9 Å². The summed E-state index contributed by atoms with van der Waals surface area (Å²) in [6.07, 6.45) is 5.65. The van der Waals surface area contributed by atoms with Gasteiger partial charge in [0.1, 0.15) is 17.9 Å². The van der Waals surface area contributed by atoms with Crippen LogP contribution < -0.4 is 5.32 Å². The molecule has 110 valence electrons. The number of fused-ring (bicyclic) bond motifs is 1. The third-order valence-corrected chi connectivity index (χ3v) is 3.22. The van der Waals surface area contributed by atoms with Gasteiger partial charge in [0, 0.05) is 12.5 Å². The van der Waals surface area contributed by atoms with Crippen LogP contribution in [-0.4, -0.2) is 37.5 Å². The van der Waals surface area contributed by atoms with Crippen molar-refractivity contribution in [1.82, 2.24) is 19.7 Å². The second-order valence-electron chi connectivity index (χ2n) is 4.88. The van der Waals surface area contributed by atoms with E-state index in [-0.39, 0.29) is 12.6 Å². The number of hydrogen-bond acceptors (Lipinski definition) is 6. The van der Waals surface area contributed by atoms with Gasteiger partial charge in [0.05, 0.1) is 31.0 Å². The van der Waals surface area contributed by atoms with Crippen molar-refractivity contribution in [2.24, 2.45) is 0 Å². The van der Waals surface area contributed by atoms with Gasteiger partial charge in [0.15, 0.2) is 5.65 Å². The standard InChI is InChI=1S/C14H17N5O2/c1-10(7-11-3-2-6-21-11)18-13-12-8-17-19(4-5-20)14(12)16-9-15-13/h2-3,6,8-10,20H,4-5,7H2,1H3,(H,15,16,18). The van der Waals surface area contributed by atoms with Gasteiger partial charge < -0.3 is 14.8 Å². The Labute approximate surface area is 121 Å². The first-order chi connectivity index (χ1) is 10.3. The zero-order chi connectivity index (χ0) is 14.7. The number of furan rings is 1. The van der Waals surface area contributed by atoms with Crippen molar-refractivity contribution in [1.29, 1.82) is 0 Å². The summed E-state index contributed by atoms with van der Waals surface area (Å²) in [6.45, 7) is 2.51. The van der Waals surface area contributed by atoms with Gasteiger partial charge in [-0.2, -0.15) is 5.10 Å². The Morgan fingerprint density at radius 1 is 1.43 bits per heavy atom. The van der Waals surface area contributed by atoms with Crippen LogP contribution in [0.25, 0.3) is 11.0 Å². The first-order valence-electron chi connectivity index (χ1n) is 6.84. The smallest absolute Gasteiger partial charge is 0.163 e. The van der Waals surface area contributed by atoms with Gasteiger partial charge >= 0.3 is 0 Å². The first kappa shape index (κ1) is 13.6. The van der Waals surface area contributed by atoms with Gasteiger partial charge in [-0.25, -0.2) is 14.6 Å². The molecule has 2 N–H and O–H groups in total. The van der Waals surface area contributed by atoms with Crippen LogP contribution in [0.5, 0.6) is 0 Å². The highest BCUT2D eigenvalue weighted by Gasteiger charge is 2.12. The quantitative estimate of drug-likeness (QED) is 0.713. The zero-order valence-corrected chi connectivity index (χ0v) is 11.7. The van der Waals surface area contributed by atoms with Crippen molar-refractivity contribution in [2.75, 3.05) is 11.9 Å². The maximum Gasteiger partial charge on any atom is 0.163 e. The second-order valence-corrected chi connectivity index (χ2v) is 4.88. The fourth-order valence-electron chi connectivity index (χ4n) is 2.28. The van der Waals surface area contributed by atoms with E-state index in [2.05, 4.69) is 27.3 Å². The van der Waals surface area contributed by atoms with E-state index in [0.717, 1.165) is 23.4 Å². The van der Waals surface area contributed by atoms with Crippen molar-refractivity contribution in [3.63, 3.8) is 0 Å². The van der Waals surface area contributed by atoms with E-state index in [4.69, 9.17) is 9.52 Å². The van der Waals surface area contributed by atoms with E-state index < -0.39 is 0 Å². The number of rotatable bonds is 6. The predicted octanol–water partition coefficient (Wildman–Crippen LogP) is 1.45. The Balaban J connectivity index is 1.80. The molecule has 7 nitrogen and oxygen atoms in total. The zero-order valence-electron chi connectivity index (χ0n) is 11.7. The largest absolute Gasteiger partial charge is 0.469 e. The lowest BCUT2D eigenvalue weighted by atomic mass is 10.2. The molecule has 1 atom stereocenters. The second kappa shape index (κ2) is 5.92. The summed E-state index contributed by atoms with van der Waals surface area (Å²) in [4.78, 5) is 8.50. The molecule has 0 aromatic carbocycles. The molecule has 0 bridgehead atoms. The van der Waals surface area contributed by atoms with Crippen LogP contribution >= 0.6 is 0 Å². The van der Waals surface area contributed by atoms with Gasteiger partial charge in [-0.3, -0.25) is 0 Å². The summed E-state index contributed by atoms with van der Waals surface area (Å²) < 4.78 is 7.01. The normalized spacial score (nSPS) is 12.7. The molecular weight excluding hydrogens is 270 g/mol. The molecule has 1 unspecified atom stereocenters. The molecule has 0 saturated heterocycles. The number of aliphatic hydroxyl groups is 1. The fraction of sp³-hybridized carbons (Fsp3) is 0.357. The van der Waals surface area contributed by atoms with Gasteiger partial charge in [0.25, 0.3) is 0 Å². The van der Waals surface area contributed by atoms with Crippen LogP contribution in [0, 0.1) is 0 Å². The maximum absolute atomic E-state index is 9.03. The van der Waals surface area contributed by atoms with Crippen LogP contribution in [0.3, 0.4) is 0 Å². The molecule has 3 aromatic rings. The molecule has 0 saturated carbocycles. The number of aromatic nitrogens is 4. The number of hydrogen-bond donors (Lipinski definition) is 2. The Bertz CT molecular complexity index is 707. The van der Waals surface area contributed by atoms with Crippen LogP contribution in [0.15, 0.2) is 35.3 Å². The fourth-order valence-corrected chi connectivity index (χ4v) is 2.28. The topological polar surface area (TPSA) is 89.0 Å². The third kappa shape index (κ3) is 2.87. The summed E-state index contributed by atoms with van der Waals surface area (Å²) in [5.41, 5.74) is 0.715. The molecule has 7 heteroatoms. The summed E-state index contributed by atoms with van der Waals surface area (Å²) in [7, 11) is 0. The molecule has 3 aromatic heterocycles. The molecule has 0 amide bonds. The van der Waals surface area contributed by atoms with Crippen molar-refractivity contribution in [3.05, 3.63) is 36.7 Å². The molecule has 0 radical (unpaired) electrons. The van der Waals surface area contributed by atoms with E-state index in [9.17, 15) is 0 Å². The number of anilines is 1. The molecule has 3 heterocycles. The maximum atomic E-state index is 9.03. The lowest BCUT2D eigenvalue weighted by Crippen LogP contribution is -2.18. The highest BCUT2D eigenvalue weighted by molar-refractivity contribution is 5.86. The summed E-state index contributed by atoms with van der Waals surface area (Å²) in [5, 5.41) is 17.4. The lowest BCUT2D eigenvalue weighted by Gasteiger charge is -2.13. The summed E-state index contributed by atoms with van der Waals surface area (Å²) in [6, 6.07) is 3.99. The molecule has 3 rings (SSSR count). The Morgan fingerprint density at radius 2 is 2.33 bits per heavy atom. The van der Waals surface area contributed by atoms with Crippen molar-refractivity contribution < 1.29 is 9.52 Å². The molecule has 0 fully saturated rings. The van der Waals surface area contributed by atoms with Crippen LogP contribution in [-0.2, 0) is 13.0 Å². The van der Waals surface area contributed by atoms with Crippen molar-refractivity contribution in [3.8, 4) is 0 Å². The molecule has 0 aliphatic heterocycles. The first-order valence-corrected chi connectivity index (χ1v) is 6.84. The van der Waals surface area contributed by atoms with E-state index in [0.29, 0.717) is 12.2 Å². The van der Waals surface area contributed by atoms with E-state index in [1.807, 2.05) is 12.1 Å². The summed E-state index contributed by atoms with van der Waals surface area (Å²) >= 11 is 0. The van der Waals surface area contributed by atoms with Gasteiger partial charge in [-0.05, 0) is 19.1 Å². The minimum Gasteiger partial charge on any atom is -0.469 e. The highest BCUT2D eigenvalue weighted by atomic mass is 16.3. The predicted molar refractivity (Wildman–Crippen MR) is 77.9 cm³/mol. The van der Waals surface area contributed by atoms with Crippen LogP contribution in [0.2, 0.25) is 0 Å². The van der Waals surface area contributed by atoms with E-state index in [1.165, 1.54) is 6.33 Å². The Hall–Kier alpha value is -2.41. The molecule has 0 aliphatic rings. The molecule has 21 heavy (non-hydrogen) atoms. The average Bonchev–Trinajstić information content (AvgIpc) is 3.10. The molecule has 0 spiro atoms. The molecular formula is C14H17N5O2. The van der Waals surface area contributed by atoms with Crippen LogP contribution in [0.1, 0.15) is 12.7 Å².